The van der Waals surface area contributed by atoms with Crippen LogP contribution in [0.15, 0.2) is 16.8 Å². The van der Waals surface area contributed by atoms with Crippen LogP contribution in [0.5, 0.6) is 0 Å². The third-order valence-corrected chi connectivity index (χ3v) is 7.24. The van der Waals surface area contributed by atoms with Crippen LogP contribution in [0, 0.1) is 35.5 Å². The van der Waals surface area contributed by atoms with Crippen molar-refractivity contribution in [2.24, 2.45) is 28.6 Å². The topological polar surface area (TPSA) is 0 Å². The van der Waals surface area contributed by atoms with Crippen molar-refractivity contribution >= 4 is 11.3 Å². The second-order valence-electron chi connectivity index (χ2n) is 7.75. The molecule has 3 rings (SSSR count). The molecule has 4 unspecified atom stereocenters. The van der Waals surface area contributed by atoms with Crippen molar-refractivity contribution in [3.8, 4) is 0 Å². The highest BCUT2D eigenvalue weighted by Crippen LogP contribution is 2.73. The van der Waals surface area contributed by atoms with Crippen molar-refractivity contribution in [1.82, 2.24) is 0 Å². The van der Waals surface area contributed by atoms with Gasteiger partial charge in [-0.3, -0.25) is 0 Å². The highest BCUT2D eigenvalue weighted by Gasteiger charge is 2.67. The molecule has 1 aromatic rings. The van der Waals surface area contributed by atoms with E-state index in [-0.39, 0.29) is 0 Å². The first kappa shape index (κ1) is 19.7. The minimum atomic E-state index is 0.654. The van der Waals surface area contributed by atoms with Crippen LogP contribution in [0.1, 0.15) is 79.7 Å². The molecular formula is C21H38S. The molecule has 0 radical (unpaired) electrons. The van der Waals surface area contributed by atoms with Crippen molar-refractivity contribution in [1.29, 1.82) is 0 Å². The molecule has 1 aromatic heterocycles. The van der Waals surface area contributed by atoms with Gasteiger partial charge in [0, 0.05) is 0 Å². The first-order chi connectivity index (χ1) is 10.4. The summed E-state index contributed by atoms with van der Waals surface area (Å²) >= 11 is 1.74. The third-order valence-electron chi connectivity index (χ3n) is 6.44. The molecule has 2 aliphatic carbocycles. The molecule has 0 bridgehead atoms. The van der Waals surface area contributed by atoms with Crippen molar-refractivity contribution in [2.75, 3.05) is 0 Å². The van der Waals surface area contributed by atoms with E-state index in [9.17, 15) is 0 Å². The van der Waals surface area contributed by atoms with Crippen LogP contribution >= 0.6 is 11.3 Å². The largest absolute Gasteiger partial charge is 0.152 e. The van der Waals surface area contributed by atoms with Crippen LogP contribution in [-0.2, 0) is 0 Å². The fraction of sp³-hybridized carbons (Fsp3) is 0.810. The second-order valence-corrected chi connectivity index (χ2v) is 8.53. The van der Waals surface area contributed by atoms with E-state index in [2.05, 4.69) is 58.4 Å². The lowest BCUT2D eigenvalue weighted by atomic mass is 9.64. The van der Waals surface area contributed by atoms with Gasteiger partial charge in [-0.15, -0.1) is 0 Å². The fourth-order valence-corrected chi connectivity index (χ4v) is 5.73. The predicted molar refractivity (Wildman–Crippen MR) is 103 cm³/mol. The lowest BCUT2D eigenvalue weighted by Gasteiger charge is -2.41. The highest BCUT2D eigenvalue weighted by atomic mass is 32.1. The van der Waals surface area contributed by atoms with Crippen LogP contribution in [0.4, 0.5) is 0 Å². The SMILES string of the molecule is CC.CCC1CCC2C(C2(C)C)C1(C)CC.Cc1ccsc1. The zero-order valence-corrected chi connectivity index (χ0v) is 17.0. The van der Waals surface area contributed by atoms with Gasteiger partial charge < -0.3 is 0 Å². The Kier molecular flexibility index (Phi) is 7.18. The summed E-state index contributed by atoms with van der Waals surface area (Å²) in [5, 5.41) is 4.20. The fourth-order valence-electron chi connectivity index (χ4n) is 5.07. The molecule has 22 heavy (non-hydrogen) atoms. The van der Waals surface area contributed by atoms with Crippen molar-refractivity contribution in [3.63, 3.8) is 0 Å². The molecule has 128 valence electrons. The van der Waals surface area contributed by atoms with Gasteiger partial charge >= 0.3 is 0 Å². The zero-order valence-electron chi connectivity index (χ0n) is 16.2. The molecule has 0 nitrogen and oxygen atoms in total. The van der Waals surface area contributed by atoms with E-state index >= 15 is 0 Å². The Hall–Kier alpha value is -0.300. The summed E-state index contributed by atoms with van der Waals surface area (Å²) in [6.07, 6.45) is 5.77. The molecule has 4 atom stereocenters. The summed E-state index contributed by atoms with van der Waals surface area (Å²) in [6, 6.07) is 2.10. The van der Waals surface area contributed by atoms with Gasteiger partial charge in [-0.05, 0) is 70.7 Å². The molecule has 0 aromatic carbocycles. The number of rotatable bonds is 2. The Morgan fingerprint density at radius 3 is 2.14 bits per heavy atom. The van der Waals surface area contributed by atoms with E-state index in [4.69, 9.17) is 0 Å². The second kappa shape index (κ2) is 7.99. The maximum Gasteiger partial charge on any atom is -0.00641 e. The first-order valence-corrected chi connectivity index (χ1v) is 10.3. The zero-order chi connectivity index (χ0) is 17.0. The maximum atomic E-state index is 2.56. The number of aryl methyl sites for hydroxylation is 1. The van der Waals surface area contributed by atoms with E-state index in [0.29, 0.717) is 10.8 Å². The normalized spacial score (nSPS) is 34.5. The third kappa shape index (κ3) is 3.78. The minimum Gasteiger partial charge on any atom is -0.152 e. The molecule has 0 amide bonds. The lowest BCUT2D eigenvalue weighted by molar-refractivity contribution is 0.0825. The Morgan fingerprint density at radius 1 is 1.14 bits per heavy atom. The standard InChI is InChI=1S/C14H26.C5H6S.C2H6/c1-6-10-8-9-11-12(13(11,3)4)14(10,5)7-2;1-5-2-3-6-4-5;1-2/h10-12H,6-9H2,1-5H3;2-4H,1H3;1-2H3. The Labute approximate surface area is 143 Å². The Bertz CT molecular complexity index is 417. The van der Waals surface area contributed by atoms with Crippen molar-refractivity contribution in [2.45, 2.75) is 81.1 Å². The smallest absolute Gasteiger partial charge is 0.00641 e. The lowest BCUT2D eigenvalue weighted by Crippen LogP contribution is -2.33. The molecule has 0 spiro atoms. The summed E-state index contributed by atoms with van der Waals surface area (Å²) in [5.41, 5.74) is 2.68. The monoisotopic (exact) mass is 322 g/mol. The first-order valence-electron chi connectivity index (χ1n) is 9.36. The van der Waals surface area contributed by atoms with Crippen LogP contribution in [0.2, 0.25) is 0 Å². The molecule has 0 saturated heterocycles. The van der Waals surface area contributed by atoms with Gasteiger partial charge in [-0.25, -0.2) is 0 Å². The van der Waals surface area contributed by atoms with E-state index < -0.39 is 0 Å². The number of fused-ring (bicyclic) bond motifs is 1. The molecule has 2 saturated carbocycles. The number of thiophene rings is 1. The number of hydrogen-bond acceptors (Lipinski definition) is 1. The molecule has 2 fully saturated rings. The van der Waals surface area contributed by atoms with Crippen molar-refractivity contribution < 1.29 is 0 Å². The summed E-state index contributed by atoms with van der Waals surface area (Å²) in [7, 11) is 0. The van der Waals surface area contributed by atoms with Crippen molar-refractivity contribution in [3.05, 3.63) is 22.4 Å². The van der Waals surface area contributed by atoms with Crippen LogP contribution < -0.4 is 0 Å². The summed E-state index contributed by atoms with van der Waals surface area (Å²) in [6.45, 7) is 18.4. The summed E-state index contributed by atoms with van der Waals surface area (Å²) < 4.78 is 0. The van der Waals surface area contributed by atoms with Gasteiger partial charge in [-0.1, -0.05) is 61.3 Å². The van der Waals surface area contributed by atoms with E-state index in [1.807, 2.05) is 13.8 Å². The molecule has 2 aliphatic rings. The number of hydrogen-bond donors (Lipinski definition) is 0. The quantitative estimate of drug-likeness (QED) is 0.526. The van der Waals surface area contributed by atoms with Gasteiger partial charge in [-0.2, -0.15) is 11.3 Å². The summed E-state index contributed by atoms with van der Waals surface area (Å²) in [5.74, 6) is 3.07. The van der Waals surface area contributed by atoms with Gasteiger partial charge in [0.05, 0.1) is 0 Å². The van der Waals surface area contributed by atoms with Gasteiger partial charge in [0.25, 0.3) is 0 Å². The van der Waals surface area contributed by atoms with Gasteiger partial charge in [0.2, 0.25) is 0 Å². The maximum absolute atomic E-state index is 2.56. The highest BCUT2D eigenvalue weighted by molar-refractivity contribution is 7.07. The van der Waals surface area contributed by atoms with Crippen LogP contribution in [0.3, 0.4) is 0 Å². The van der Waals surface area contributed by atoms with E-state index in [1.54, 1.807) is 11.3 Å². The molecule has 0 N–H and O–H groups in total. The van der Waals surface area contributed by atoms with Crippen LogP contribution in [-0.4, -0.2) is 0 Å². The van der Waals surface area contributed by atoms with Gasteiger partial charge in [0.15, 0.2) is 0 Å². The molecule has 1 heteroatoms. The van der Waals surface area contributed by atoms with E-state index in [1.165, 1.54) is 31.2 Å². The minimum absolute atomic E-state index is 0.654. The Morgan fingerprint density at radius 2 is 1.77 bits per heavy atom. The van der Waals surface area contributed by atoms with E-state index in [0.717, 1.165) is 17.8 Å². The molecular weight excluding hydrogens is 284 g/mol. The predicted octanol–water partition coefficient (Wildman–Crippen LogP) is 7.58. The van der Waals surface area contributed by atoms with Crippen LogP contribution in [0.25, 0.3) is 0 Å². The molecule has 0 aliphatic heterocycles. The summed E-state index contributed by atoms with van der Waals surface area (Å²) in [4.78, 5) is 0. The van der Waals surface area contributed by atoms with Gasteiger partial charge in [0.1, 0.15) is 0 Å². The average Bonchev–Trinajstić information content (AvgIpc) is 2.86. The average molecular weight is 323 g/mol. The Balaban J connectivity index is 0.000000253. The molecule has 1 heterocycles.